The summed E-state index contributed by atoms with van der Waals surface area (Å²) in [6.45, 7) is 0.467. The molecule has 1 unspecified atom stereocenters. The summed E-state index contributed by atoms with van der Waals surface area (Å²) in [4.78, 5) is 35.2. The molecular formula is C35H34F3N7O5S. The first-order valence-electron chi connectivity index (χ1n) is 16.5. The molecule has 0 radical (unpaired) electrons. The van der Waals surface area contributed by atoms with Gasteiger partial charge in [-0.05, 0) is 61.1 Å². The molecule has 51 heavy (non-hydrogen) atoms. The number of aromatic nitrogens is 3. The van der Waals surface area contributed by atoms with E-state index in [0.29, 0.717) is 54.2 Å². The minimum atomic E-state index is -4.60. The first-order valence-corrected chi connectivity index (χ1v) is 18.1. The molecule has 16 heteroatoms. The molecule has 0 saturated carbocycles. The van der Waals surface area contributed by atoms with Gasteiger partial charge in [-0.3, -0.25) is 0 Å². The Labute approximate surface area is 291 Å². The van der Waals surface area contributed by atoms with Gasteiger partial charge in [-0.2, -0.15) is 13.2 Å². The third kappa shape index (κ3) is 7.60. The van der Waals surface area contributed by atoms with Crippen molar-refractivity contribution in [3.8, 4) is 5.88 Å². The van der Waals surface area contributed by atoms with E-state index in [1.54, 1.807) is 18.2 Å². The van der Waals surface area contributed by atoms with Gasteiger partial charge in [0.25, 0.3) is 0 Å². The largest absolute Gasteiger partial charge is 0.474 e. The molecule has 2 aromatic rings. The zero-order valence-electron chi connectivity index (χ0n) is 27.5. The topological polar surface area (TPSA) is 151 Å². The molecule has 2 N–H and O–H groups in total. The molecule has 266 valence electrons. The van der Waals surface area contributed by atoms with Crippen LogP contribution in [0.2, 0.25) is 0 Å². The van der Waals surface area contributed by atoms with E-state index in [1.807, 2.05) is 55.5 Å². The molecule has 0 spiro atoms. The fourth-order valence-electron chi connectivity index (χ4n) is 6.45. The van der Waals surface area contributed by atoms with Crippen LogP contribution in [0.1, 0.15) is 38.3 Å². The number of hydrogen-bond acceptors (Lipinski definition) is 10. The van der Waals surface area contributed by atoms with Gasteiger partial charge in [0, 0.05) is 49.1 Å². The quantitative estimate of drug-likeness (QED) is 0.440. The summed E-state index contributed by atoms with van der Waals surface area (Å²) in [5.74, 6) is 0.175. The van der Waals surface area contributed by atoms with Crippen molar-refractivity contribution in [2.24, 2.45) is 9.98 Å². The number of aromatic amines is 1. The van der Waals surface area contributed by atoms with Gasteiger partial charge in [0.05, 0.1) is 40.0 Å². The number of carbonyl (C=O) groups excluding carboxylic acids is 1. The molecule has 5 aliphatic rings. The number of hydrogen-bond donors (Lipinski definition) is 2. The zero-order chi connectivity index (χ0) is 35.8. The lowest BCUT2D eigenvalue weighted by molar-refractivity contribution is -0.162. The monoisotopic (exact) mass is 721 g/mol. The summed E-state index contributed by atoms with van der Waals surface area (Å²) in [6, 6.07) is 5.52. The Balaban J connectivity index is 1.21. The van der Waals surface area contributed by atoms with Crippen LogP contribution in [0, 0.1) is 0 Å². The van der Waals surface area contributed by atoms with Gasteiger partial charge in [-0.25, -0.2) is 33.2 Å². The second-order valence-electron chi connectivity index (χ2n) is 12.6. The van der Waals surface area contributed by atoms with Crippen molar-refractivity contribution in [1.82, 2.24) is 25.2 Å². The van der Waals surface area contributed by atoms with Crippen molar-refractivity contribution in [3.63, 3.8) is 0 Å². The summed E-state index contributed by atoms with van der Waals surface area (Å²) in [5, 5.41) is 5.13. The predicted molar refractivity (Wildman–Crippen MR) is 183 cm³/mol. The molecule has 0 aliphatic carbocycles. The van der Waals surface area contributed by atoms with Gasteiger partial charge in [-0.1, -0.05) is 13.0 Å². The van der Waals surface area contributed by atoms with Crippen LogP contribution < -0.4 is 20.8 Å². The van der Waals surface area contributed by atoms with Crippen LogP contribution in [0.4, 0.5) is 18.0 Å². The van der Waals surface area contributed by atoms with E-state index >= 15 is 0 Å². The third-order valence-corrected chi connectivity index (χ3v) is 10.8. The maximum atomic E-state index is 13.9. The molecule has 8 bridgehead atoms. The van der Waals surface area contributed by atoms with Gasteiger partial charge in [0.15, 0.2) is 16.4 Å². The van der Waals surface area contributed by atoms with Crippen molar-refractivity contribution in [2.45, 2.75) is 50.4 Å². The number of fused-ring (bicyclic) bond motifs is 6. The van der Waals surface area contributed by atoms with Crippen molar-refractivity contribution < 1.29 is 35.9 Å². The van der Waals surface area contributed by atoms with Crippen molar-refractivity contribution in [2.75, 3.05) is 25.4 Å². The number of halogens is 3. The SMILES string of the molecule is CCCS(=O)(=O)C1=C2C=CC(=N2)C=c2ccc([nH]2)=CC2=NC(=CC3(c4cc(OC5CCN(C(=O)OCC(F)(F)F)CC5)ncn4)CC=C1N3)C=C2. The number of piperidine rings is 1. The lowest BCUT2D eigenvalue weighted by Gasteiger charge is -2.32. The Bertz CT molecular complexity index is 2210. The Morgan fingerprint density at radius 2 is 1.76 bits per heavy atom. The molecule has 2 aromatic heterocycles. The number of carbonyl (C=O) groups is 1. The molecule has 7 heterocycles. The normalized spacial score (nSPS) is 21.7. The molecule has 0 aromatic carbocycles. The number of rotatable bonds is 7. The van der Waals surface area contributed by atoms with Gasteiger partial charge in [0.1, 0.15) is 22.9 Å². The summed E-state index contributed by atoms with van der Waals surface area (Å²) in [6.07, 6.45) is 11.5. The highest BCUT2D eigenvalue weighted by molar-refractivity contribution is 7.95. The fourth-order valence-corrected chi connectivity index (χ4v) is 8.09. The number of nitrogens with one attached hydrogen (secondary N) is 2. The number of aliphatic imine (C=N–C) groups is 2. The third-order valence-electron chi connectivity index (χ3n) is 8.77. The summed E-state index contributed by atoms with van der Waals surface area (Å²) >= 11 is 0. The molecule has 1 atom stereocenters. The lowest BCUT2D eigenvalue weighted by atomic mass is 9.91. The smallest absolute Gasteiger partial charge is 0.422 e. The number of sulfone groups is 1. The first-order chi connectivity index (χ1) is 24.4. The number of nitrogens with zero attached hydrogens (tertiary/aromatic N) is 5. The Morgan fingerprint density at radius 1 is 1.04 bits per heavy atom. The van der Waals surface area contributed by atoms with Crippen LogP contribution in [-0.2, 0) is 20.1 Å². The molecule has 7 rings (SSSR count). The van der Waals surface area contributed by atoms with Gasteiger partial charge in [-0.15, -0.1) is 0 Å². The summed E-state index contributed by atoms with van der Waals surface area (Å²) in [5.41, 5.74) is 2.09. The number of ether oxygens (including phenoxy) is 2. The summed E-state index contributed by atoms with van der Waals surface area (Å²) in [7, 11) is -3.78. The molecule has 1 saturated heterocycles. The first kappa shape index (κ1) is 34.2. The lowest BCUT2D eigenvalue weighted by Crippen LogP contribution is -2.43. The zero-order valence-corrected chi connectivity index (χ0v) is 28.3. The van der Waals surface area contributed by atoms with Crippen molar-refractivity contribution in [1.29, 1.82) is 0 Å². The average Bonchev–Trinajstić information content (AvgIpc) is 3.90. The second kappa shape index (κ2) is 13.5. The van der Waals surface area contributed by atoms with Crippen LogP contribution >= 0.6 is 0 Å². The Morgan fingerprint density at radius 3 is 2.49 bits per heavy atom. The van der Waals surface area contributed by atoms with Crippen molar-refractivity contribution >= 4 is 39.5 Å². The highest BCUT2D eigenvalue weighted by Crippen LogP contribution is 2.40. The number of alkyl halides is 3. The van der Waals surface area contributed by atoms with Crippen LogP contribution in [0.3, 0.4) is 0 Å². The standard InChI is InChI=1S/C35H34F3N7O5S/c1-2-15-51(47,48)32-28-8-7-25(43-28)17-23-4-3-22(41-23)16-24-5-6-26(42-24)19-34(12-9-29(32)44-34)30-18-31(40-21-39-30)50-27-10-13-45(14-11-27)33(46)49-20-35(36,37)38/h3-9,16-19,21,27,41,44H,2,10-15,20H2,1H3. The predicted octanol–water partition coefficient (Wildman–Crippen LogP) is 3.64. The Hall–Kier alpha value is -5.25. The van der Waals surface area contributed by atoms with Crippen LogP contribution in [0.15, 0.2) is 93.0 Å². The average molecular weight is 722 g/mol. The van der Waals surface area contributed by atoms with E-state index in [0.717, 1.165) is 16.4 Å². The van der Waals surface area contributed by atoms with E-state index < -0.39 is 34.3 Å². The number of H-pyrrole nitrogens is 1. The maximum absolute atomic E-state index is 13.9. The van der Waals surface area contributed by atoms with E-state index in [4.69, 9.17) is 14.7 Å². The molecule has 1 amide bonds. The Kier molecular flexibility index (Phi) is 9.03. The van der Waals surface area contributed by atoms with E-state index in [-0.39, 0.29) is 35.7 Å². The van der Waals surface area contributed by atoms with Crippen LogP contribution in [0.5, 0.6) is 5.88 Å². The van der Waals surface area contributed by atoms with E-state index in [2.05, 4.69) is 25.0 Å². The van der Waals surface area contributed by atoms with Gasteiger partial charge in [0.2, 0.25) is 5.88 Å². The van der Waals surface area contributed by atoms with Gasteiger partial charge >= 0.3 is 12.3 Å². The number of likely N-dealkylation sites (tertiary alicyclic amines) is 1. The molecule has 5 aliphatic heterocycles. The minimum Gasteiger partial charge on any atom is -0.474 e. The van der Waals surface area contributed by atoms with Crippen LogP contribution in [-0.4, -0.2) is 83.5 Å². The molecule has 1 fully saturated rings. The van der Waals surface area contributed by atoms with Crippen LogP contribution in [0.25, 0.3) is 12.2 Å². The van der Waals surface area contributed by atoms with E-state index in [1.165, 1.54) is 11.2 Å². The maximum Gasteiger partial charge on any atom is 0.422 e. The highest BCUT2D eigenvalue weighted by Gasteiger charge is 2.41. The van der Waals surface area contributed by atoms with Crippen molar-refractivity contribution in [3.05, 3.63) is 99.4 Å². The van der Waals surface area contributed by atoms with E-state index in [9.17, 15) is 26.4 Å². The molecular weight excluding hydrogens is 687 g/mol. The highest BCUT2D eigenvalue weighted by atomic mass is 32.2. The number of amides is 1. The minimum absolute atomic E-state index is 0.0715. The fraction of sp³-hybridized carbons (Fsp3) is 0.343. The van der Waals surface area contributed by atoms with Gasteiger partial charge < -0.3 is 24.7 Å². The summed E-state index contributed by atoms with van der Waals surface area (Å²) < 4.78 is 75.8. The second-order valence-corrected chi connectivity index (χ2v) is 14.7. The number of allylic oxidation sites excluding steroid dienone is 4. The molecule has 12 nitrogen and oxygen atoms in total.